The Morgan fingerprint density at radius 3 is 2.65 bits per heavy atom. The monoisotopic (exact) mass is 372 g/mol. The molecule has 13 heteroatoms. The zero-order chi connectivity index (χ0) is 19.7. The maximum absolute atomic E-state index is 11.7. The normalized spacial score (nSPS) is 14.1. The number of carbonyl (C=O) groups is 2. The van der Waals surface area contributed by atoms with Crippen LogP contribution in [0.25, 0.3) is 0 Å². The summed E-state index contributed by atoms with van der Waals surface area (Å²) in [6.07, 6.45) is -0.0907. The van der Waals surface area contributed by atoms with Crippen molar-refractivity contribution in [1.82, 2.24) is 26.1 Å². The Morgan fingerprint density at radius 2 is 2.08 bits per heavy atom. The molecular weight excluding hydrogens is 348 g/mol. The lowest BCUT2D eigenvalue weighted by Crippen LogP contribution is -2.51. The van der Waals surface area contributed by atoms with Gasteiger partial charge in [-0.1, -0.05) is 5.16 Å². The van der Waals surface area contributed by atoms with Crippen LogP contribution in [0.15, 0.2) is 4.52 Å². The zero-order valence-electron chi connectivity index (χ0n) is 14.2. The molecule has 1 heterocycles. The van der Waals surface area contributed by atoms with Gasteiger partial charge < -0.3 is 42.2 Å². The minimum atomic E-state index is -1.44. The van der Waals surface area contributed by atoms with Gasteiger partial charge in [0, 0.05) is 6.54 Å². The van der Waals surface area contributed by atoms with Crippen molar-refractivity contribution in [1.29, 1.82) is 5.41 Å². The summed E-state index contributed by atoms with van der Waals surface area (Å²) in [5.41, 5.74) is 11.1. The number of carbonyl (C=O) groups excluding carboxylic acids is 1. The molecule has 26 heavy (non-hydrogen) atoms. The first-order chi connectivity index (χ1) is 12.2. The molecule has 146 valence electrons. The van der Waals surface area contributed by atoms with Crippen molar-refractivity contribution in [2.75, 3.05) is 6.54 Å². The van der Waals surface area contributed by atoms with Crippen LogP contribution in [0.2, 0.25) is 0 Å². The number of hydrogen-bond acceptors (Lipinski definition) is 8. The minimum absolute atomic E-state index is 0.0939. The molecule has 0 spiro atoms. The first-order valence-electron chi connectivity index (χ1n) is 7.82. The molecule has 0 aliphatic rings. The van der Waals surface area contributed by atoms with E-state index in [1.54, 1.807) is 0 Å². The van der Waals surface area contributed by atoms with E-state index in [9.17, 15) is 14.7 Å². The van der Waals surface area contributed by atoms with Crippen LogP contribution < -0.4 is 27.4 Å². The standard InChI is InChI=1S/C13H24N8O5/c1-6(22)9(11(23)24)20-13(25)18-5-8-19-10(21-26-8)7(14)3-2-4-17-12(15)16/h6-7,9,22H,2-5,14H2,1H3,(H,23,24)(H4,15,16,17)(H2,18,20,25)/t6?,7-,9-/m0/s1. The Kier molecular flexibility index (Phi) is 8.24. The molecule has 10 N–H and O–H groups in total. The van der Waals surface area contributed by atoms with E-state index in [1.165, 1.54) is 6.92 Å². The summed E-state index contributed by atoms with van der Waals surface area (Å²) in [6.45, 7) is 1.60. The number of aromatic nitrogens is 2. The van der Waals surface area contributed by atoms with Crippen LogP contribution in [0.5, 0.6) is 0 Å². The Labute approximate surface area is 149 Å². The molecule has 0 fully saturated rings. The van der Waals surface area contributed by atoms with Gasteiger partial charge in [-0.3, -0.25) is 5.41 Å². The van der Waals surface area contributed by atoms with Crippen molar-refractivity contribution in [3.05, 3.63) is 11.7 Å². The van der Waals surface area contributed by atoms with E-state index in [1.807, 2.05) is 0 Å². The van der Waals surface area contributed by atoms with E-state index < -0.39 is 30.2 Å². The summed E-state index contributed by atoms with van der Waals surface area (Å²) < 4.78 is 4.96. The molecule has 0 bridgehead atoms. The molecule has 3 atom stereocenters. The molecule has 0 saturated heterocycles. The molecule has 0 radical (unpaired) electrons. The average molecular weight is 372 g/mol. The highest BCUT2D eigenvalue weighted by Gasteiger charge is 2.25. The molecule has 0 aromatic carbocycles. The predicted molar refractivity (Wildman–Crippen MR) is 88.9 cm³/mol. The number of aliphatic carboxylic acids is 1. The van der Waals surface area contributed by atoms with Crippen molar-refractivity contribution in [2.45, 2.75) is 44.5 Å². The highest BCUT2D eigenvalue weighted by atomic mass is 16.5. The average Bonchev–Trinajstić information content (AvgIpc) is 3.02. The number of nitrogens with one attached hydrogen (secondary N) is 4. The summed E-state index contributed by atoms with van der Waals surface area (Å²) >= 11 is 0. The number of nitrogens with two attached hydrogens (primary N) is 2. The second kappa shape index (κ2) is 10.1. The van der Waals surface area contributed by atoms with Crippen LogP contribution in [0.4, 0.5) is 4.79 Å². The number of carboxylic acid groups (broad SMARTS) is 1. The largest absolute Gasteiger partial charge is 0.480 e. The number of aliphatic hydroxyl groups is 1. The Bertz CT molecular complexity index is 619. The molecule has 0 aliphatic heterocycles. The zero-order valence-corrected chi connectivity index (χ0v) is 14.2. The van der Waals surface area contributed by atoms with E-state index in [4.69, 9.17) is 26.5 Å². The number of amides is 2. The van der Waals surface area contributed by atoms with E-state index in [2.05, 4.69) is 26.1 Å². The van der Waals surface area contributed by atoms with Gasteiger partial charge in [-0.25, -0.2) is 9.59 Å². The van der Waals surface area contributed by atoms with Gasteiger partial charge in [-0.05, 0) is 19.8 Å². The van der Waals surface area contributed by atoms with Crippen LogP contribution in [0, 0.1) is 5.41 Å². The third-order valence-electron chi connectivity index (χ3n) is 3.26. The fraction of sp³-hybridized carbons (Fsp3) is 0.615. The van der Waals surface area contributed by atoms with Gasteiger partial charge in [0.1, 0.15) is 0 Å². The third-order valence-corrected chi connectivity index (χ3v) is 3.26. The first-order valence-corrected chi connectivity index (χ1v) is 7.82. The van der Waals surface area contributed by atoms with E-state index in [0.717, 1.165) is 0 Å². The number of urea groups is 1. The minimum Gasteiger partial charge on any atom is -0.480 e. The van der Waals surface area contributed by atoms with E-state index >= 15 is 0 Å². The first kappa shape index (κ1) is 21.1. The molecule has 1 aromatic heterocycles. The van der Waals surface area contributed by atoms with Crippen LogP contribution in [-0.2, 0) is 11.3 Å². The number of rotatable bonds is 10. The van der Waals surface area contributed by atoms with Crippen LogP contribution in [0.3, 0.4) is 0 Å². The van der Waals surface area contributed by atoms with Crippen LogP contribution in [-0.4, -0.2) is 57.0 Å². The highest BCUT2D eigenvalue weighted by Crippen LogP contribution is 2.12. The van der Waals surface area contributed by atoms with Crippen molar-refractivity contribution >= 4 is 18.0 Å². The van der Waals surface area contributed by atoms with Gasteiger partial charge in [0.05, 0.1) is 18.7 Å². The van der Waals surface area contributed by atoms with Gasteiger partial charge in [-0.15, -0.1) is 0 Å². The fourth-order valence-electron chi connectivity index (χ4n) is 1.90. The maximum atomic E-state index is 11.7. The van der Waals surface area contributed by atoms with E-state index in [0.29, 0.717) is 19.4 Å². The molecule has 0 aliphatic carbocycles. The second-order valence-electron chi connectivity index (χ2n) is 5.52. The predicted octanol–water partition coefficient (Wildman–Crippen LogP) is -2.03. The summed E-state index contributed by atoms with van der Waals surface area (Å²) in [5.74, 6) is -1.13. The number of hydrogen-bond donors (Lipinski definition) is 8. The number of nitrogens with zero attached hydrogens (tertiary/aromatic N) is 2. The van der Waals surface area contributed by atoms with Gasteiger partial charge >= 0.3 is 12.0 Å². The smallest absolute Gasteiger partial charge is 0.328 e. The summed E-state index contributed by atoms with van der Waals surface area (Å²) in [5, 5.41) is 36.0. The lowest BCUT2D eigenvalue weighted by Gasteiger charge is -2.16. The van der Waals surface area contributed by atoms with E-state index in [-0.39, 0.29) is 24.2 Å². The molecule has 1 rings (SSSR count). The van der Waals surface area contributed by atoms with Crippen molar-refractivity contribution in [3.8, 4) is 0 Å². The number of carboxylic acids is 1. The van der Waals surface area contributed by atoms with Gasteiger partial charge in [0.15, 0.2) is 17.8 Å². The summed E-state index contributed by atoms with van der Waals surface area (Å²) in [7, 11) is 0. The SMILES string of the molecule is CC(O)[C@H](NC(=O)NCc1nc([C@@H](N)CCCNC(=N)N)no1)C(=O)O. The Morgan fingerprint density at radius 1 is 1.38 bits per heavy atom. The summed E-state index contributed by atoms with van der Waals surface area (Å²) in [4.78, 5) is 26.6. The van der Waals surface area contributed by atoms with Crippen molar-refractivity contribution in [2.24, 2.45) is 11.5 Å². The van der Waals surface area contributed by atoms with Crippen LogP contribution >= 0.6 is 0 Å². The van der Waals surface area contributed by atoms with Gasteiger partial charge in [-0.2, -0.15) is 4.98 Å². The van der Waals surface area contributed by atoms with Crippen LogP contribution in [0.1, 0.15) is 37.5 Å². The number of aliphatic hydroxyl groups excluding tert-OH is 1. The number of guanidine groups is 1. The Balaban J connectivity index is 2.42. The lowest BCUT2D eigenvalue weighted by atomic mass is 10.1. The fourth-order valence-corrected chi connectivity index (χ4v) is 1.90. The van der Waals surface area contributed by atoms with Gasteiger partial charge in [0.25, 0.3) is 0 Å². The topological polar surface area (TPSA) is 225 Å². The summed E-state index contributed by atoms with van der Waals surface area (Å²) in [6, 6.07) is -2.73. The molecule has 0 saturated carbocycles. The third kappa shape index (κ3) is 7.31. The quantitative estimate of drug-likeness (QED) is 0.127. The Hall–Kier alpha value is -2.93. The van der Waals surface area contributed by atoms with Crippen molar-refractivity contribution < 1.29 is 24.3 Å². The highest BCUT2D eigenvalue weighted by molar-refractivity contribution is 5.82. The van der Waals surface area contributed by atoms with Crippen molar-refractivity contribution in [3.63, 3.8) is 0 Å². The second-order valence-corrected chi connectivity index (χ2v) is 5.52. The van der Waals surface area contributed by atoms with Gasteiger partial charge in [0.2, 0.25) is 5.89 Å². The molecule has 2 amide bonds. The molecule has 13 nitrogen and oxygen atoms in total. The molecular formula is C13H24N8O5. The molecule has 1 unspecified atom stereocenters. The lowest BCUT2D eigenvalue weighted by molar-refractivity contribution is -0.141. The maximum Gasteiger partial charge on any atom is 0.328 e. The molecule has 1 aromatic rings.